The minimum Gasteiger partial charge on any atom is -0.496 e. The Morgan fingerprint density at radius 3 is 2.56 bits per heavy atom. The molecule has 16 heavy (non-hydrogen) atoms. The molecule has 1 rings (SSSR count). The van der Waals surface area contributed by atoms with Gasteiger partial charge in [0.15, 0.2) is 0 Å². The van der Waals surface area contributed by atoms with Crippen molar-refractivity contribution in [2.45, 2.75) is 13.3 Å². The molecule has 1 aromatic rings. The summed E-state index contributed by atoms with van der Waals surface area (Å²) < 4.78 is 9.76. The van der Waals surface area contributed by atoms with E-state index in [2.05, 4.69) is 4.74 Å². The van der Waals surface area contributed by atoms with Crippen molar-refractivity contribution in [1.82, 2.24) is 0 Å². The highest BCUT2D eigenvalue weighted by Crippen LogP contribution is 2.24. The summed E-state index contributed by atoms with van der Waals surface area (Å²) in [5.74, 6) is 0.0689. The van der Waals surface area contributed by atoms with Crippen LogP contribution in [0.15, 0.2) is 12.1 Å². The lowest BCUT2D eigenvalue weighted by atomic mass is 10.0. The number of benzene rings is 1. The standard InChI is InChI=1S/C12H13NO3/c1-4-8-5-9(7-13)10(12(14)16-3)6-11(8)15-2/h5-6H,4H2,1-3H3. The number of esters is 1. The zero-order valence-corrected chi connectivity index (χ0v) is 9.53. The molecule has 0 saturated carbocycles. The Morgan fingerprint density at radius 2 is 2.12 bits per heavy atom. The molecule has 1 aromatic carbocycles. The van der Waals surface area contributed by atoms with Crippen LogP contribution in [0.5, 0.6) is 5.75 Å². The molecule has 0 spiro atoms. The summed E-state index contributed by atoms with van der Waals surface area (Å²) in [7, 11) is 2.81. The number of ether oxygens (including phenoxy) is 2. The number of nitrogens with zero attached hydrogens (tertiary/aromatic N) is 1. The van der Waals surface area contributed by atoms with Crippen LogP contribution in [-0.2, 0) is 11.2 Å². The third-order valence-corrected chi connectivity index (χ3v) is 2.33. The van der Waals surface area contributed by atoms with Crippen molar-refractivity contribution >= 4 is 5.97 Å². The lowest BCUT2D eigenvalue weighted by molar-refractivity contribution is 0.0600. The maximum absolute atomic E-state index is 11.4. The van der Waals surface area contributed by atoms with Crippen molar-refractivity contribution in [3.05, 3.63) is 28.8 Å². The van der Waals surface area contributed by atoms with Gasteiger partial charge in [-0.25, -0.2) is 4.79 Å². The second-order valence-corrected chi connectivity index (χ2v) is 3.17. The van der Waals surface area contributed by atoms with E-state index in [1.54, 1.807) is 12.1 Å². The molecule has 0 aromatic heterocycles. The molecule has 0 atom stereocenters. The quantitative estimate of drug-likeness (QED) is 0.728. The van der Waals surface area contributed by atoms with E-state index in [0.717, 1.165) is 12.0 Å². The van der Waals surface area contributed by atoms with Gasteiger partial charge in [0.05, 0.1) is 25.3 Å². The summed E-state index contributed by atoms with van der Waals surface area (Å²) >= 11 is 0. The molecule has 4 nitrogen and oxygen atoms in total. The summed E-state index contributed by atoms with van der Waals surface area (Å²) in [6, 6.07) is 5.18. The van der Waals surface area contributed by atoms with Crippen LogP contribution in [0.4, 0.5) is 0 Å². The molecule has 0 bridgehead atoms. The smallest absolute Gasteiger partial charge is 0.339 e. The first-order chi connectivity index (χ1) is 7.67. The lowest BCUT2D eigenvalue weighted by Crippen LogP contribution is -2.06. The predicted octanol–water partition coefficient (Wildman–Crippen LogP) is 1.92. The molecule has 0 N–H and O–H groups in total. The van der Waals surface area contributed by atoms with E-state index in [1.807, 2.05) is 13.0 Å². The summed E-state index contributed by atoms with van der Waals surface area (Å²) in [4.78, 5) is 11.4. The Bertz CT molecular complexity index is 446. The Balaban J connectivity index is 3.39. The van der Waals surface area contributed by atoms with E-state index in [4.69, 9.17) is 10.00 Å². The van der Waals surface area contributed by atoms with Gasteiger partial charge in [-0.3, -0.25) is 0 Å². The fourth-order valence-electron chi connectivity index (χ4n) is 1.46. The number of carbonyl (C=O) groups excluding carboxylic acids is 1. The van der Waals surface area contributed by atoms with Crippen LogP contribution in [0.25, 0.3) is 0 Å². The Kier molecular flexibility index (Phi) is 3.90. The van der Waals surface area contributed by atoms with E-state index in [0.29, 0.717) is 11.3 Å². The van der Waals surface area contributed by atoms with Crippen LogP contribution in [0, 0.1) is 11.3 Å². The topological polar surface area (TPSA) is 59.3 Å². The monoisotopic (exact) mass is 219 g/mol. The Labute approximate surface area is 94.4 Å². The molecular weight excluding hydrogens is 206 g/mol. The maximum atomic E-state index is 11.4. The van der Waals surface area contributed by atoms with Crippen molar-refractivity contribution in [2.24, 2.45) is 0 Å². The van der Waals surface area contributed by atoms with Crippen molar-refractivity contribution in [3.63, 3.8) is 0 Å². The third kappa shape index (κ3) is 2.14. The molecule has 0 heterocycles. The number of hydrogen-bond donors (Lipinski definition) is 0. The molecule has 0 amide bonds. The van der Waals surface area contributed by atoms with E-state index in [1.165, 1.54) is 14.2 Å². The van der Waals surface area contributed by atoms with Crippen LogP contribution in [0.1, 0.15) is 28.4 Å². The van der Waals surface area contributed by atoms with Gasteiger partial charge in [-0.15, -0.1) is 0 Å². The van der Waals surface area contributed by atoms with Gasteiger partial charge >= 0.3 is 5.97 Å². The summed E-state index contributed by atoms with van der Waals surface area (Å²) in [5.41, 5.74) is 1.44. The molecule has 84 valence electrons. The van der Waals surface area contributed by atoms with Crippen LogP contribution in [-0.4, -0.2) is 20.2 Å². The maximum Gasteiger partial charge on any atom is 0.339 e. The molecule has 0 radical (unpaired) electrons. The molecule has 0 aliphatic carbocycles. The van der Waals surface area contributed by atoms with Crippen LogP contribution >= 0.6 is 0 Å². The average molecular weight is 219 g/mol. The van der Waals surface area contributed by atoms with Gasteiger partial charge in [-0.05, 0) is 24.1 Å². The third-order valence-electron chi connectivity index (χ3n) is 2.33. The van der Waals surface area contributed by atoms with E-state index in [-0.39, 0.29) is 5.56 Å². The molecule has 0 fully saturated rings. The highest BCUT2D eigenvalue weighted by Gasteiger charge is 2.15. The highest BCUT2D eigenvalue weighted by atomic mass is 16.5. The second kappa shape index (κ2) is 5.17. The molecule has 0 unspecified atom stereocenters. The second-order valence-electron chi connectivity index (χ2n) is 3.17. The van der Waals surface area contributed by atoms with Crippen molar-refractivity contribution in [3.8, 4) is 11.8 Å². The van der Waals surface area contributed by atoms with E-state index >= 15 is 0 Å². The minimum absolute atomic E-state index is 0.235. The minimum atomic E-state index is -0.530. The van der Waals surface area contributed by atoms with Gasteiger partial charge in [0, 0.05) is 0 Å². The molecule has 0 aliphatic rings. The number of carbonyl (C=O) groups is 1. The molecule has 4 heteroatoms. The predicted molar refractivity (Wildman–Crippen MR) is 58.4 cm³/mol. The van der Waals surface area contributed by atoms with Gasteiger partial charge in [0.1, 0.15) is 11.8 Å². The van der Waals surface area contributed by atoms with Gasteiger partial charge in [-0.2, -0.15) is 5.26 Å². The van der Waals surface area contributed by atoms with E-state index in [9.17, 15) is 4.79 Å². The number of aryl methyl sites for hydroxylation is 1. The first kappa shape index (κ1) is 12.1. The van der Waals surface area contributed by atoms with Crippen LogP contribution in [0.3, 0.4) is 0 Å². The van der Waals surface area contributed by atoms with Crippen molar-refractivity contribution < 1.29 is 14.3 Å². The molecular formula is C12H13NO3. The molecule has 0 saturated heterocycles. The zero-order valence-electron chi connectivity index (χ0n) is 9.53. The number of nitriles is 1. The highest BCUT2D eigenvalue weighted by molar-refractivity contribution is 5.92. The number of rotatable bonds is 3. The fourth-order valence-corrected chi connectivity index (χ4v) is 1.46. The van der Waals surface area contributed by atoms with Gasteiger partial charge in [0.2, 0.25) is 0 Å². The van der Waals surface area contributed by atoms with Gasteiger partial charge < -0.3 is 9.47 Å². The summed E-state index contributed by atoms with van der Waals surface area (Å²) in [6.07, 6.45) is 0.735. The summed E-state index contributed by atoms with van der Waals surface area (Å²) in [6.45, 7) is 1.96. The van der Waals surface area contributed by atoms with Gasteiger partial charge in [-0.1, -0.05) is 6.92 Å². The number of hydrogen-bond acceptors (Lipinski definition) is 4. The zero-order chi connectivity index (χ0) is 12.1. The van der Waals surface area contributed by atoms with Crippen LogP contribution in [0.2, 0.25) is 0 Å². The average Bonchev–Trinajstić information content (AvgIpc) is 2.35. The fraction of sp³-hybridized carbons (Fsp3) is 0.333. The first-order valence-electron chi connectivity index (χ1n) is 4.87. The lowest BCUT2D eigenvalue weighted by Gasteiger charge is -2.10. The Hall–Kier alpha value is -2.02. The van der Waals surface area contributed by atoms with Crippen LogP contribution < -0.4 is 4.74 Å². The number of methoxy groups -OCH3 is 2. The van der Waals surface area contributed by atoms with Crippen molar-refractivity contribution in [2.75, 3.05) is 14.2 Å². The van der Waals surface area contributed by atoms with Crippen molar-refractivity contribution in [1.29, 1.82) is 5.26 Å². The first-order valence-corrected chi connectivity index (χ1v) is 4.87. The largest absolute Gasteiger partial charge is 0.496 e. The SMILES string of the molecule is CCc1cc(C#N)c(C(=O)OC)cc1OC. The Morgan fingerprint density at radius 1 is 1.44 bits per heavy atom. The summed E-state index contributed by atoms with van der Waals surface area (Å²) in [5, 5.41) is 8.95. The van der Waals surface area contributed by atoms with Gasteiger partial charge in [0.25, 0.3) is 0 Å². The molecule has 0 aliphatic heterocycles. The van der Waals surface area contributed by atoms with E-state index < -0.39 is 5.97 Å². The normalized spacial score (nSPS) is 9.38.